The van der Waals surface area contributed by atoms with Crippen LogP contribution in [0.4, 0.5) is 4.79 Å². The molecule has 1 aliphatic rings. The van der Waals surface area contributed by atoms with Gasteiger partial charge in [0.2, 0.25) is 5.91 Å². The van der Waals surface area contributed by atoms with Crippen molar-refractivity contribution in [3.05, 3.63) is 12.7 Å². The van der Waals surface area contributed by atoms with Crippen molar-refractivity contribution in [2.75, 3.05) is 0 Å². The number of esters is 1. The monoisotopic (exact) mass is 410 g/mol. The van der Waals surface area contributed by atoms with Gasteiger partial charge in [-0.2, -0.15) is 0 Å². The first kappa shape index (κ1) is 25.0. The number of nitrogens with one attached hydrogen (secondary N) is 1. The minimum Gasteiger partial charge on any atom is -0.458 e. The van der Waals surface area contributed by atoms with E-state index in [4.69, 9.17) is 9.47 Å². The highest BCUT2D eigenvalue weighted by molar-refractivity contribution is 5.83. The van der Waals surface area contributed by atoms with Crippen molar-refractivity contribution in [3.63, 3.8) is 0 Å². The summed E-state index contributed by atoms with van der Waals surface area (Å²) >= 11 is 0. The molecule has 1 heterocycles. The van der Waals surface area contributed by atoms with Crippen LogP contribution >= 0.6 is 0 Å². The summed E-state index contributed by atoms with van der Waals surface area (Å²) < 4.78 is 11.2. The summed E-state index contributed by atoms with van der Waals surface area (Å²) in [6, 6.07) is -1.20. The Morgan fingerprint density at radius 3 is 2.10 bits per heavy atom. The van der Waals surface area contributed by atoms with Crippen LogP contribution in [-0.2, 0) is 19.1 Å². The largest absolute Gasteiger partial charge is 0.458 e. The quantitative estimate of drug-likeness (QED) is 0.532. The van der Waals surface area contributed by atoms with Gasteiger partial charge in [0.1, 0.15) is 17.2 Å². The highest BCUT2D eigenvalue weighted by atomic mass is 16.6. The molecule has 1 N–H and O–H groups in total. The van der Waals surface area contributed by atoms with Crippen molar-refractivity contribution in [1.29, 1.82) is 0 Å². The number of carbonyl (C=O) groups is 3. The summed E-state index contributed by atoms with van der Waals surface area (Å²) in [7, 11) is 0. The smallest absolute Gasteiger partial charge is 0.411 e. The number of ether oxygens (including phenoxy) is 2. The average Bonchev–Trinajstić information content (AvgIpc) is 2.89. The summed E-state index contributed by atoms with van der Waals surface area (Å²) in [5, 5.41) is 2.92. The third kappa shape index (κ3) is 7.71. The molecule has 0 bridgehead atoms. The Kier molecular flexibility index (Phi) is 8.30. The normalized spacial score (nSPS) is 23.3. The molecule has 0 spiro atoms. The first-order chi connectivity index (χ1) is 13.2. The van der Waals surface area contributed by atoms with E-state index in [1.54, 1.807) is 47.6 Å². The molecule has 0 radical (unpaired) electrons. The zero-order valence-corrected chi connectivity index (χ0v) is 19.2. The summed E-state index contributed by atoms with van der Waals surface area (Å²) in [6.07, 6.45) is 2.84. The van der Waals surface area contributed by atoms with Gasteiger partial charge in [-0.05, 0) is 66.7 Å². The summed E-state index contributed by atoms with van der Waals surface area (Å²) in [6.45, 7) is 18.1. The van der Waals surface area contributed by atoms with Crippen molar-refractivity contribution in [1.82, 2.24) is 10.2 Å². The number of amides is 2. The van der Waals surface area contributed by atoms with Gasteiger partial charge in [-0.25, -0.2) is 9.59 Å². The maximum Gasteiger partial charge on any atom is 0.411 e. The van der Waals surface area contributed by atoms with Crippen LogP contribution in [0.15, 0.2) is 12.7 Å². The van der Waals surface area contributed by atoms with Gasteiger partial charge in [0.15, 0.2) is 0 Å². The molecule has 1 unspecified atom stereocenters. The van der Waals surface area contributed by atoms with E-state index in [9.17, 15) is 14.4 Å². The van der Waals surface area contributed by atoms with Gasteiger partial charge >= 0.3 is 12.1 Å². The molecule has 0 aromatic rings. The molecule has 29 heavy (non-hydrogen) atoms. The van der Waals surface area contributed by atoms with E-state index in [1.165, 1.54) is 11.8 Å². The highest BCUT2D eigenvalue weighted by Gasteiger charge is 2.49. The van der Waals surface area contributed by atoms with E-state index in [0.717, 1.165) is 0 Å². The average molecular weight is 411 g/mol. The second-order valence-corrected chi connectivity index (χ2v) is 9.68. The van der Waals surface area contributed by atoms with Gasteiger partial charge in [-0.1, -0.05) is 13.0 Å². The minimum atomic E-state index is -0.757. The number of hydrogen-bond acceptors (Lipinski definition) is 5. The van der Waals surface area contributed by atoms with E-state index >= 15 is 0 Å². The molecule has 2 amide bonds. The molecule has 1 aliphatic heterocycles. The lowest BCUT2D eigenvalue weighted by atomic mass is 9.93. The van der Waals surface area contributed by atoms with Crippen LogP contribution in [0.25, 0.3) is 0 Å². The van der Waals surface area contributed by atoms with Crippen molar-refractivity contribution in [2.24, 2.45) is 5.92 Å². The van der Waals surface area contributed by atoms with Gasteiger partial charge in [-0.3, -0.25) is 9.69 Å². The number of nitrogens with zero attached hydrogens (tertiary/aromatic N) is 1. The van der Waals surface area contributed by atoms with E-state index < -0.39 is 29.3 Å². The second kappa shape index (κ2) is 9.63. The lowest BCUT2D eigenvalue weighted by molar-refractivity contribution is -0.160. The van der Waals surface area contributed by atoms with Crippen LogP contribution in [-0.4, -0.2) is 52.2 Å². The molecule has 166 valence electrons. The van der Waals surface area contributed by atoms with Gasteiger partial charge in [0, 0.05) is 19.0 Å². The molecular weight excluding hydrogens is 372 g/mol. The van der Waals surface area contributed by atoms with Crippen LogP contribution < -0.4 is 5.32 Å². The van der Waals surface area contributed by atoms with E-state index in [1.807, 2.05) is 6.92 Å². The fourth-order valence-corrected chi connectivity index (χ4v) is 3.57. The fourth-order valence-electron chi connectivity index (χ4n) is 3.57. The van der Waals surface area contributed by atoms with Crippen molar-refractivity contribution in [2.45, 2.75) is 104 Å². The van der Waals surface area contributed by atoms with E-state index in [2.05, 4.69) is 11.9 Å². The third-order valence-corrected chi connectivity index (χ3v) is 4.69. The molecule has 7 nitrogen and oxygen atoms in total. The summed E-state index contributed by atoms with van der Waals surface area (Å²) in [4.78, 5) is 39.0. The Bertz CT molecular complexity index is 618. The Hall–Kier alpha value is -2.05. The zero-order valence-electron chi connectivity index (χ0n) is 19.2. The van der Waals surface area contributed by atoms with E-state index in [0.29, 0.717) is 19.3 Å². The molecule has 4 atom stereocenters. The second-order valence-electron chi connectivity index (χ2n) is 9.68. The number of carbonyl (C=O) groups excluding carboxylic acids is 3. The molecule has 0 aliphatic carbocycles. The first-order valence-corrected chi connectivity index (χ1v) is 10.3. The Labute approximate surface area is 175 Å². The van der Waals surface area contributed by atoms with Crippen LogP contribution in [0.2, 0.25) is 0 Å². The van der Waals surface area contributed by atoms with Crippen molar-refractivity contribution in [3.8, 4) is 0 Å². The molecule has 0 aromatic heterocycles. The maximum atomic E-state index is 13.1. The number of rotatable bonds is 6. The molecule has 1 fully saturated rings. The third-order valence-electron chi connectivity index (χ3n) is 4.69. The van der Waals surface area contributed by atoms with Crippen LogP contribution in [0.3, 0.4) is 0 Å². The van der Waals surface area contributed by atoms with Gasteiger partial charge in [-0.15, -0.1) is 6.58 Å². The number of hydrogen-bond donors (Lipinski definition) is 1. The van der Waals surface area contributed by atoms with Gasteiger partial charge < -0.3 is 14.8 Å². The summed E-state index contributed by atoms with van der Waals surface area (Å²) in [5.41, 5.74) is -1.37. The lowest BCUT2D eigenvalue weighted by Crippen LogP contribution is -2.51. The predicted octanol–water partition coefficient (Wildman–Crippen LogP) is 3.81. The molecular formula is C22H38N2O5. The summed E-state index contributed by atoms with van der Waals surface area (Å²) in [5.74, 6) is -0.689. The van der Waals surface area contributed by atoms with Crippen LogP contribution in [0.5, 0.6) is 0 Å². The van der Waals surface area contributed by atoms with Crippen LogP contribution in [0, 0.1) is 5.92 Å². The molecule has 1 saturated heterocycles. The van der Waals surface area contributed by atoms with Gasteiger partial charge in [0.05, 0.1) is 0 Å². The Balaban J connectivity index is 3.25. The Morgan fingerprint density at radius 1 is 1.14 bits per heavy atom. The fraction of sp³-hybridized carbons (Fsp3) is 0.773. The maximum absolute atomic E-state index is 13.1. The standard InChI is InChI=1S/C22H38N2O5/c1-10-15-12-18(19(26)28-21(4,5)6)24(20(27)29-22(7,8)9)17(15)13-16(11-2)23-14(3)25/h10,15-18H,1,11-13H2,2-9H3,(H,23,25)/t15-,16?,17-,18-/m1/s1. The highest BCUT2D eigenvalue weighted by Crippen LogP contribution is 2.36. The first-order valence-electron chi connectivity index (χ1n) is 10.3. The topological polar surface area (TPSA) is 84.9 Å². The van der Waals surface area contributed by atoms with Gasteiger partial charge in [0.25, 0.3) is 0 Å². The lowest BCUT2D eigenvalue weighted by Gasteiger charge is -2.35. The van der Waals surface area contributed by atoms with Crippen LogP contribution in [0.1, 0.15) is 74.7 Å². The van der Waals surface area contributed by atoms with Crippen molar-refractivity contribution < 1.29 is 23.9 Å². The Morgan fingerprint density at radius 2 is 1.69 bits per heavy atom. The predicted molar refractivity (Wildman–Crippen MR) is 112 cm³/mol. The molecule has 0 aromatic carbocycles. The minimum absolute atomic E-state index is 0.108. The molecule has 1 rings (SSSR count). The molecule has 7 heteroatoms. The molecule has 0 saturated carbocycles. The van der Waals surface area contributed by atoms with Crippen molar-refractivity contribution >= 4 is 18.0 Å². The number of likely N-dealkylation sites (tertiary alicyclic amines) is 1. The van der Waals surface area contributed by atoms with E-state index in [-0.39, 0.29) is 23.9 Å². The SMILES string of the molecule is C=C[C@@H]1C[C@H](C(=O)OC(C)(C)C)N(C(=O)OC(C)(C)C)[C@@H]1CC(CC)NC(C)=O. The zero-order chi connectivity index (χ0) is 22.6.